The molecule has 0 spiro atoms. The number of hydrogen-bond donors (Lipinski definition) is 2. The first-order valence-corrected chi connectivity index (χ1v) is 7.86. The molecule has 0 bridgehead atoms. The van der Waals surface area contributed by atoms with Gasteiger partial charge in [0.25, 0.3) is 0 Å². The first-order valence-electron chi connectivity index (χ1n) is 7.45. The molecule has 0 aliphatic rings. The molecule has 0 aliphatic carbocycles. The molecule has 0 aliphatic heterocycles. The Morgan fingerprint density at radius 1 is 1.30 bits per heavy atom. The van der Waals surface area contributed by atoms with Gasteiger partial charge in [-0.15, -0.1) is 0 Å². The van der Waals surface area contributed by atoms with Gasteiger partial charge in [0, 0.05) is 19.3 Å². The van der Waals surface area contributed by atoms with E-state index in [-0.39, 0.29) is 0 Å². The third-order valence-electron chi connectivity index (χ3n) is 3.37. The predicted octanol–water partition coefficient (Wildman–Crippen LogP) is 1.60. The third-order valence-corrected chi connectivity index (χ3v) is 3.65. The summed E-state index contributed by atoms with van der Waals surface area (Å²) in [7, 11) is 0. The van der Waals surface area contributed by atoms with Gasteiger partial charge in [-0.2, -0.15) is 5.10 Å². The van der Waals surface area contributed by atoms with E-state index in [0.717, 1.165) is 51.4 Å². The fraction of sp³-hybridized carbons (Fsp3) is 0.714. The minimum absolute atomic E-state index is 0.716. The van der Waals surface area contributed by atoms with E-state index in [1.807, 2.05) is 16.9 Å². The molecule has 5 nitrogen and oxygen atoms in total. The van der Waals surface area contributed by atoms with Crippen LogP contribution in [0, 0.1) is 0 Å². The zero-order valence-corrected chi connectivity index (χ0v) is 13.7. The van der Waals surface area contributed by atoms with E-state index in [0.29, 0.717) is 5.11 Å². The Hall–Kier alpha value is -1.14. The molecule has 0 radical (unpaired) electrons. The van der Waals surface area contributed by atoms with E-state index >= 15 is 0 Å². The minimum atomic E-state index is 0.716. The van der Waals surface area contributed by atoms with Gasteiger partial charge in [-0.1, -0.05) is 13.8 Å². The molecule has 0 unspecified atom stereocenters. The molecule has 114 valence electrons. The zero-order chi connectivity index (χ0) is 14.8. The van der Waals surface area contributed by atoms with E-state index < -0.39 is 0 Å². The fourth-order valence-corrected chi connectivity index (χ4v) is 2.25. The van der Waals surface area contributed by atoms with Crippen molar-refractivity contribution in [2.24, 2.45) is 0 Å². The summed E-state index contributed by atoms with van der Waals surface area (Å²) in [6.07, 6.45) is 2.93. The van der Waals surface area contributed by atoms with Crippen LogP contribution in [-0.4, -0.2) is 46.0 Å². The van der Waals surface area contributed by atoms with Crippen LogP contribution in [0.25, 0.3) is 0 Å². The number of hydrogen-bond acceptors (Lipinski definition) is 3. The van der Waals surface area contributed by atoms with Crippen LogP contribution in [-0.2, 0) is 13.1 Å². The maximum atomic E-state index is 5.28. The van der Waals surface area contributed by atoms with Gasteiger partial charge in [-0.05, 0) is 51.3 Å². The van der Waals surface area contributed by atoms with Gasteiger partial charge in [0.2, 0.25) is 0 Å². The summed E-state index contributed by atoms with van der Waals surface area (Å²) in [6, 6.07) is 2.01. The molecular formula is C14H27N5S. The van der Waals surface area contributed by atoms with Crippen LogP contribution in [0.5, 0.6) is 0 Å². The van der Waals surface area contributed by atoms with Crippen LogP contribution in [0.15, 0.2) is 12.3 Å². The van der Waals surface area contributed by atoms with Gasteiger partial charge < -0.3 is 15.5 Å². The molecule has 1 aromatic rings. The highest BCUT2D eigenvalue weighted by Crippen LogP contribution is 1.97. The Morgan fingerprint density at radius 3 is 2.70 bits per heavy atom. The van der Waals surface area contributed by atoms with Crippen molar-refractivity contribution in [1.29, 1.82) is 0 Å². The number of thiocarbonyl (C=S) groups is 1. The normalized spacial score (nSPS) is 10.8. The summed E-state index contributed by atoms with van der Waals surface area (Å²) < 4.78 is 1.97. The molecule has 20 heavy (non-hydrogen) atoms. The van der Waals surface area contributed by atoms with Crippen LogP contribution in [0.1, 0.15) is 32.9 Å². The summed E-state index contributed by atoms with van der Waals surface area (Å²) in [4.78, 5) is 2.41. The van der Waals surface area contributed by atoms with Crippen LogP contribution in [0.3, 0.4) is 0 Å². The van der Waals surface area contributed by atoms with E-state index in [1.165, 1.54) is 0 Å². The second kappa shape index (κ2) is 9.72. The quantitative estimate of drug-likeness (QED) is 0.535. The lowest BCUT2D eigenvalue weighted by molar-refractivity contribution is 0.300. The largest absolute Gasteiger partial charge is 0.363 e. The molecule has 0 fully saturated rings. The maximum absolute atomic E-state index is 5.28. The molecule has 1 aromatic heterocycles. The smallest absolute Gasteiger partial charge is 0.166 e. The Kier molecular flexibility index (Phi) is 8.22. The molecular weight excluding hydrogens is 270 g/mol. The predicted molar refractivity (Wildman–Crippen MR) is 87.7 cm³/mol. The number of rotatable bonds is 9. The first kappa shape index (κ1) is 16.9. The maximum Gasteiger partial charge on any atom is 0.166 e. The summed E-state index contributed by atoms with van der Waals surface area (Å²) in [5.74, 6) is 0. The van der Waals surface area contributed by atoms with Gasteiger partial charge in [0.05, 0.1) is 12.2 Å². The first-order chi connectivity index (χ1) is 9.71. The van der Waals surface area contributed by atoms with Crippen LogP contribution >= 0.6 is 12.2 Å². The van der Waals surface area contributed by atoms with E-state index in [9.17, 15) is 0 Å². The van der Waals surface area contributed by atoms with Gasteiger partial charge in [0.1, 0.15) is 0 Å². The average Bonchev–Trinajstić information content (AvgIpc) is 2.92. The second-order valence-electron chi connectivity index (χ2n) is 4.63. The molecule has 1 rings (SSSR count). The summed E-state index contributed by atoms with van der Waals surface area (Å²) >= 11 is 5.28. The fourth-order valence-electron chi connectivity index (χ4n) is 2.07. The standard InChI is InChI=1S/C14H27N5S/c1-4-18(5-2)11-7-9-15-14(20)16-12-13-8-10-17-19(13)6-3/h8,10H,4-7,9,11-12H2,1-3H3,(H2,15,16,20). The van der Waals surface area contributed by atoms with Crippen LogP contribution in [0.2, 0.25) is 0 Å². The van der Waals surface area contributed by atoms with Crippen molar-refractivity contribution in [2.75, 3.05) is 26.2 Å². The topological polar surface area (TPSA) is 45.1 Å². The molecule has 0 saturated carbocycles. The van der Waals surface area contributed by atoms with Gasteiger partial charge in [-0.3, -0.25) is 4.68 Å². The van der Waals surface area contributed by atoms with Gasteiger partial charge in [-0.25, -0.2) is 0 Å². The second-order valence-corrected chi connectivity index (χ2v) is 5.04. The van der Waals surface area contributed by atoms with E-state index in [4.69, 9.17) is 12.2 Å². The van der Waals surface area contributed by atoms with Crippen molar-refractivity contribution in [1.82, 2.24) is 25.3 Å². The number of aromatic nitrogens is 2. The highest BCUT2D eigenvalue weighted by molar-refractivity contribution is 7.80. The van der Waals surface area contributed by atoms with Crippen LogP contribution < -0.4 is 10.6 Å². The van der Waals surface area contributed by atoms with Gasteiger partial charge >= 0.3 is 0 Å². The lowest BCUT2D eigenvalue weighted by Crippen LogP contribution is -2.37. The van der Waals surface area contributed by atoms with Crippen molar-refractivity contribution in [3.63, 3.8) is 0 Å². The van der Waals surface area contributed by atoms with Gasteiger partial charge in [0.15, 0.2) is 5.11 Å². The Bertz CT molecular complexity index is 387. The molecule has 2 N–H and O–H groups in total. The number of aryl methyl sites for hydroxylation is 1. The minimum Gasteiger partial charge on any atom is -0.363 e. The van der Waals surface area contributed by atoms with E-state index in [1.54, 1.807) is 0 Å². The molecule has 0 saturated heterocycles. The third kappa shape index (κ3) is 5.88. The number of nitrogens with zero attached hydrogens (tertiary/aromatic N) is 3. The summed E-state index contributed by atoms with van der Waals surface area (Å²) in [5, 5.41) is 11.4. The van der Waals surface area contributed by atoms with Crippen molar-refractivity contribution in [3.05, 3.63) is 18.0 Å². The van der Waals surface area contributed by atoms with Crippen molar-refractivity contribution >= 4 is 17.3 Å². The molecule has 0 amide bonds. The average molecular weight is 297 g/mol. The van der Waals surface area contributed by atoms with Crippen LogP contribution in [0.4, 0.5) is 0 Å². The monoisotopic (exact) mass is 297 g/mol. The molecule has 0 aromatic carbocycles. The Morgan fingerprint density at radius 2 is 2.05 bits per heavy atom. The summed E-state index contributed by atoms with van der Waals surface area (Å²) in [5.41, 5.74) is 1.15. The van der Waals surface area contributed by atoms with Crippen molar-refractivity contribution < 1.29 is 0 Å². The highest BCUT2D eigenvalue weighted by Gasteiger charge is 2.02. The highest BCUT2D eigenvalue weighted by atomic mass is 32.1. The Labute approximate surface area is 127 Å². The lowest BCUT2D eigenvalue weighted by atomic mass is 10.3. The lowest BCUT2D eigenvalue weighted by Gasteiger charge is -2.18. The summed E-state index contributed by atoms with van der Waals surface area (Å²) in [6.45, 7) is 12.3. The molecule has 6 heteroatoms. The zero-order valence-electron chi connectivity index (χ0n) is 12.9. The van der Waals surface area contributed by atoms with Crippen molar-refractivity contribution in [3.8, 4) is 0 Å². The molecule has 0 atom stereocenters. The SMILES string of the molecule is CCN(CC)CCCNC(=S)NCc1ccnn1CC. The Balaban J connectivity index is 2.15. The van der Waals surface area contributed by atoms with Crippen molar-refractivity contribution in [2.45, 2.75) is 40.3 Å². The molecule has 1 heterocycles. The number of nitrogens with one attached hydrogen (secondary N) is 2. The van der Waals surface area contributed by atoms with E-state index in [2.05, 4.69) is 41.4 Å².